The van der Waals surface area contributed by atoms with Gasteiger partial charge in [0.1, 0.15) is 0 Å². The minimum absolute atomic E-state index is 0.175. The van der Waals surface area contributed by atoms with Crippen LogP contribution in [0.4, 0.5) is 0 Å². The molecule has 0 saturated carbocycles. The van der Waals surface area contributed by atoms with Gasteiger partial charge in [-0.3, -0.25) is 4.79 Å². The van der Waals surface area contributed by atoms with E-state index in [0.29, 0.717) is 18.4 Å². The van der Waals surface area contributed by atoms with Crippen LogP contribution in [0.3, 0.4) is 0 Å². The van der Waals surface area contributed by atoms with E-state index in [1.807, 2.05) is 0 Å². The van der Waals surface area contributed by atoms with E-state index >= 15 is 0 Å². The smallest absolute Gasteiger partial charge is 0.224 e. The second kappa shape index (κ2) is 7.25. The van der Waals surface area contributed by atoms with Crippen molar-refractivity contribution in [2.24, 2.45) is 0 Å². The Morgan fingerprint density at radius 3 is 2.77 bits per heavy atom. The Morgan fingerprint density at radius 1 is 1.27 bits per heavy atom. The maximum absolute atomic E-state index is 12.7. The molecule has 2 fully saturated rings. The third-order valence-electron chi connectivity index (χ3n) is 4.92. The van der Waals surface area contributed by atoms with E-state index in [2.05, 4.69) is 46.7 Å². The summed E-state index contributed by atoms with van der Waals surface area (Å²) in [5, 5.41) is 6.86. The highest BCUT2D eigenvalue weighted by Gasteiger charge is 2.29. The van der Waals surface area contributed by atoms with Gasteiger partial charge in [0, 0.05) is 32.1 Å². The lowest BCUT2D eigenvalue weighted by molar-refractivity contribution is -0.135. The van der Waals surface area contributed by atoms with E-state index in [9.17, 15) is 4.79 Å². The molecule has 3 rings (SSSR count). The first-order chi connectivity index (χ1) is 10.8. The topological polar surface area (TPSA) is 44.4 Å². The highest BCUT2D eigenvalue weighted by Crippen LogP contribution is 2.24. The number of aryl methyl sites for hydroxylation is 1. The number of nitrogens with one attached hydrogen (secondary N) is 2. The first-order valence-electron chi connectivity index (χ1n) is 8.60. The molecule has 2 heterocycles. The summed E-state index contributed by atoms with van der Waals surface area (Å²) in [5.41, 5.74) is 2.60. The predicted molar refractivity (Wildman–Crippen MR) is 88.8 cm³/mol. The maximum atomic E-state index is 12.7. The van der Waals surface area contributed by atoms with E-state index < -0.39 is 0 Å². The second-order valence-electron chi connectivity index (χ2n) is 6.40. The fourth-order valence-corrected chi connectivity index (χ4v) is 3.54. The Hall–Kier alpha value is -1.39. The molecule has 0 aromatic heterocycles. The van der Waals surface area contributed by atoms with Gasteiger partial charge in [0.25, 0.3) is 0 Å². The van der Waals surface area contributed by atoms with Gasteiger partial charge in [-0.1, -0.05) is 31.2 Å². The molecule has 2 atom stereocenters. The van der Waals surface area contributed by atoms with Crippen LogP contribution in [-0.2, 0) is 11.2 Å². The highest BCUT2D eigenvalue weighted by molar-refractivity contribution is 5.77. The molecule has 120 valence electrons. The highest BCUT2D eigenvalue weighted by atomic mass is 16.2. The molecular formula is C18H27N3O. The van der Waals surface area contributed by atoms with Crippen molar-refractivity contribution in [3.63, 3.8) is 0 Å². The van der Waals surface area contributed by atoms with Crippen molar-refractivity contribution < 1.29 is 4.79 Å². The SMILES string of the molecule is CCc1ccc(C2CNCCN2C(=O)CC2CCCN2)cc1. The zero-order valence-electron chi connectivity index (χ0n) is 13.5. The largest absolute Gasteiger partial charge is 0.333 e. The average Bonchev–Trinajstić information content (AvgIpc) is 3.08. The van der Waals surface area contributed by atoms with Crippen LogP contribution in [0.2, 0.25) is 0 Å². The maximum Gasteiger partial charge on any atom is 0.224 e. The summed E-state index contributed by atoms with van der Waals surface area (Å²) in [4.78, 5) is 14.8. The van der Waals surface area contributed by atoms with Crippen LogP contribution in [0.1, 0.15) is 43.4 Å². The van der Waals surface area contributed by atoms with Gasteiger partial charge in [-0.2, -0.15) is 0 Å². The Kier molecular flexibility index (Phi) is 5.11. The van der Waals surface area contributed by atoms with Crippen molar-refractivity contribution in [1.29, 1.82) is 0 Å². The van der Waals surface area contributed by atoms with Crippen LogP contribution in [0.5, 0.6) is 0 Å². The Bertz CT molecular complexity index is 494. The standard InChI is InChI=1S/C18H27N3O/c1-2-14-5-7-15(8-6-14)17-13-19-10-11-21(17)18(22)12-16-4-3-9-20-16/h5-8,16-17,19-20H,2-4,9-13H2,1H3. The lowest BCUT2D eigenvalue weighted by Crippen LogP contribution is -2.49. The van der Waals surface area contributed by atoms with Crippen LogP contribution in [-0.4, -0.2) is 43.0 Å². The fourth-order valence-electron chi connectivity index (χ4n) is 3.54. The number of piperazine rings is 1. The molecule has 1 aromatic carbocycles. The molecule has 0 aliphatic carbocycles. The summed E-state index contributed by atoms with van der Waals surface area (Å²) >= 11 is 0. The summed E-state index contributed by atoms with van der Waals surface area (Å²) in [5.74, 6) is 0.297. The molecule has 0 radical (unpaired) electrons. The van der Waals surface area contributed by atoms with E-state index in [1.165, 1.54) is 17.5 Å². The zero-order chi connectivity index (χ0) is 15.4. The first kappa shape index (κ1) is 15.5. The number of benzene rings is 1. The lowest BCUT2D eigenvalue weighted by atomic mass is 10.00. The quantitative estimate of drug-likeness (QED) is 0.892. The summed E-state index contributed by atoms with van der Waals surface area (Å²) in [6.07, 6.45) is 4.03. The van der Waals surface area contributed by atoms with Crippen molar-refractivity contribution in [2.45, 2.75) is 44.7 Å². The molecule has 2 aliphatic heterocycles. The van der Waals surface area contributed by atoms with Crippen LogP contribution >= 0.6 is 0 Å². The first-order valence-corrected chi connectivity index (χ1v) is 8.60. The zero-order valence-corrected chi connectivity index (χ0v) is 13.5. The van der Waals surface area contributed by atoms with Crippen molar-refractivity contribution >= 4 is 5.91 Å². The van der Waals surface area contributed by atoms with Gasteiger partial charge in [0.2, 0.25) is 5.91 Å². The molecule has 0 spiro atoms. The Labute approximate surface area is 133 Å². The molecule has 4 nitrogen and oxygen atoms in total. The molecule has 22 heavy (non-hydrogen) atoms. The number of carbonyl (C=O) groups is 1. The summed E-state index contributed by atoms with van der Waals surface area (Å²) < 4.78 is 0. The van der Waals surface area contributed by atoms with Gasteiger partial charge >= 0.3 is 0 Å². The number of carbonyl (C=O) groups excluding carboxylic acids is 1. The van der Waals surface area contributed by atoms with Crippen molar-refractivity contribution in [2.75, 3.05) is 26.2 Å². The van der Waals surface area contributed by atoms with Gasteiger partial charge in [-0.05, 0) is 36.9 Å². The van der Waals surface area contributed by atoms with E-state index in [-0.39, 0.29) is 6.04 Å². The molecule has 1 amide bonds. The van der Waals surface area contributed by atoms with Gasteiger partial charge in [-0.15, -0.1) is 0 Å². The molecule has 0 bridgehead atoms. The average molecular weight is 301 g/mol. The summed E-state index contributed by atoms with van der Waals surface area (Å²) in [7, 11) is 0. The fraction of sp³-hybridized carbons (Fsp3) is 0.611. The molecule has 2 aliphatic rings. The molecule has 2 N–H and O–H groups in total. The third kappa shape index (κ3) is 3.50. The number of hydrogen-bond donors (Lipinski definition) is 2. The van der Waals surface area contributed by atoms with E-state index in [4.69, 9.17) is 0 Å². The number of amides is 1. The summed E-state index contributed by atoms with van der Waals surface area (Å²) in [6, 6.07) is 9.30. The normalized spacial score (nSPS) is 25.4. The lowest BCUT2D eigenvalue weighted by Gasteiger charge is -2.37. The molecule has 2 unspecified atom stereocenters. The molecule has 4 heteroatoms. The van der Waals surface area contributed by atoms with Crippen LogP contribution < -0.4 is 10.6 Å². The minimum Gasteiger partial charge on any atom is -0.333 e. The van der Waals surface area contributed by atoms with Crippen molar-refractivity contribution in [1.82, 2.24) is 15.5 Å². The van der Waals surface area contributed by atoms with Crippen LogP contribution in [0.25, 0.3) is 0 Å². The molecule has 2 saturated heterocycles. The number of nitrogens with zero attached hydrogens (tertiary/aromatic N) is 1. The Balaban J connectivity index is 1.70. The third-order valence-corrected chi connectivity index (χ3v) is 4.92. The Morgan fingerprint density at radius 2 is 2.09 bits per heavy atom. The number of rotatable bonds is 4. The monoisotopic (exact) mass is 301 g/mol. The van der Waals surface area contributed by atoms with Crippen molar-refractivity contribution in [3.05, 3.63) is 35.4 Å². The second-order valence-corrected chi connectivity index (χ2v) is 6.40. The van der Waals surface area contributed by atoms with Gasteiger partial charge in [-0.25, -0.2) is 0 Å². The van der Waals surface area contributed by atoms with Crippen molar-refractivity contribution in [3.8, 4) is 0 Å². The predicted octanol–water partition coefficient (Wildman–Crippen LogP) is 1.86. The van der Waals surface area contributed by atoms with Gasteiger partial charge < -0.3 is 15.5 Å². The van der Waals surface area contributed by atoms with E-state index in [1.54, 1.807) is 0 Å². The minimum atomic E-state index is 0.175. The van der Waals surface area contributed by atoms with Crippen LogP contribution in [0.15, 0.2) is 24.3 Å². The number of hydrogen-bond acceptors (Lipinski definition) is 3. The molecule has 1 aromatic rings. The summed E-state index contributed by atoms with van der Waals surface area (Å²) in [6.45, 7) is 5.79. The van der Waals surface area contributed by atoms with Gasteiger partial charge in [0.05, 0.1) is 6.04 Å². The van der Waals surface area contributed by atoms with E-state index in [0.717, 1.165) is 39.0 Å². The molecular weight excluding hydrogens is 274 g/mol. The van der Waals surface area contributed by atoms with Crippen LogP contribution in [0, 0.1) is 0 Å². The van der Waals surface area contributed by atoms with Gasteiger partial charge in [0.15, 0.2) is 0 Å².